The highest BCUT2D eigenvalue weighted by Gasteiger charge is 2.34. The van der Waals surface area contributed by atoms with E-state index < -0.39 is 34.0 Å². The number of nitrogens with zero attached hydrogens (tertiary/aromatic N) is 2. The Bertz CT molecular complexity index is 1370. The second-order valence-corrected chi connectivity index (χ2v) is 11.1. The highest BCUT2D eigenvalue weighted by molar-refractivity contribution is 7.86. The summed E-state index contributed by atoms with van der Waals surface area (Å²) in [5.74, 6) is -3.20. The van der Waals surface area contributed by atoms with Crippen molar-refractivity contribution in [2.24, 2.45) is 0 Å². The van der Waals surface area contributed by atoms with Gasteiger partial charge < -0.3 is 9.80 Å². The van der Waals surface area contributed by atoms with Gasteiger partial charge in [-0.2, -0.15) is 0 Å². The topological polar surface area (TPSA) is 57.7 Å². The van der Waals surface area contributed by atoms with Gasteiger partial charge in [0.05, 0.1) is 26.5 Å². The predicted octanol–water partition coefficient (Wildman–Crippen LogP) is 6.00. The number of hydrogen-bond acceptors (Lipinski definition) is 4. The largest absolute Gasteiger partial charge is 0.365 e. The van der Waals surface area contributed by atoms with Gasteiger partial charge in [-0.15, -0.1) is 0 Å². The highest BCUT2D eigenvalue weighted by atomic mass is 35.5. The Hall–Kier alpha value is -2.81. The lowest BCUT2D eigenvalue weighted by Gasteiger charge is -2.46. The molecule has 3 atom stereocenters. The first-order valence-electron chi connectivity index (χ1n) is 11.6. The van der Waals surface area contributed by atoms with E-state index in [1.54, 1.807) is 4.90 Å². The number of benzene rings is 3. The van der Waals surface area contributed by atoms with E-state index in [4.69, 9.17) is 23.2 Å². The first kappa shape index (κ1) is 27.2. The van der Waals surface area contributed by atoms with Crippen LogP contribution in [0, 0.1) is 11.6 Å². The van der Waals surface area contributed by atoms with E-state index in [9.17, 15) is 22.6 Å². The second kappa shape index (κ2) is 11.3. The highest BCUT2D eigenvalue weighted by Crippen LogP contribution is 2.29. The lowest BCUT2D eigenvalue weighted by molar-refractivity contribution is 0.0634. The molecule has 0 bridgehead atoms. The first-order chi connectivity index (χ1) is 17.5. The Balaban J connectivity index is 1.46. The zero-order valence-electron chi connectivity index (χ0n) is 20.1. The summed E-state index contributed by atoms with van der Waals surface area (Å²) < 4.78 is 39.7. The molecular weight excluding hydrogens is 541 g/mol. The molecule has 1 fully saturated rings. The van der Waals surface area contributed by atoms with Gasteiger partial charge in [0, 0.05) is 53.1 Å². The lowest BCUT2D eigenvalue weighted by Crippen LogP contribution is -2.59. The first-order valence-corrected chi connectivity index (χ1v) is 13.6. The van der Waals surface area contributed by atoms with Gasteiger partial charge in [-0.1, -0.05) is 29.3 Å². The smallest absolute Gasteiger partial charge is 0.254 e. The number of ketones is 1. The van der Waals surface area contributed by atoms with Crippen molar-refractivity contribution in [3.05, 3.63) is 93.5 Å². The number of anilines is 1. The number of piperazine rings is 1. The van der Waals surface area contributed by atoms with E-state index in [1.807, 2.05) is 38.1 Å². The quantitative estimate of drug-likeness (QED) is 0.344. The number of carbonyl (C=O) groups excluding carboxylic acids is 2. The van der Waals surface area contributed by atoms with Crippen molar-refractivity contribution in [1.82, 2.24) is 4.90 Å². The molecule has 0 N–H and O–H groups in total. The van der Waals surface area contributed by atoms with Crippen molar-refractivity contribution in [1.29, 1.82) is 0 Å². The summed E-state index contributed by atoms with van der Waals surface area (Å²) in [7, 11) is -1.87. The minimum absolute atomic E-state index is 0.0251. The summed E-state index contributed by atoms with van der Waals surface area (Å²) >= 11 is 12.5. The minimum Gasteiger partial charge on any atom is -0.365 e. The van der Waals surface area contributed by atoms with E-state index in [2.05, 4.69) is 4.90 Å². The molecule has 4 rings (SSSR count). The van der Waals surface area contributed by atoms with E-state index in [0.717, 1.165) is 17.8 Å². The average molecular weight is 565 g/mol. The van der Waals surface area contributed by atoms with Crippen LogP contribution in [0.5, 0.6) is 0 Å². The number of hydrogen-bond donors (Lipinski definition) is 0. The van der Waals surface area contributed by atoms with Gasteiger partial charge in [-0.05, 0) is 62.4 Å². The van der Waals surface area contributed by atoms with Gasteiger partial charge in [-0.25, -0.2) is 8.78 Å². The maximum atomic E-state index is 13.4. The molecule has 0 saturated carbocycles. The van der Waals surface area contributed by atoms with Gasteiger partial charge in [0.25, 0.3) is 5.91 Å². The molecule has 1 heterocycles. The van der Waals surface area contributed by atoms with Crippen molar-refractivity contribution in [3.8, 4) is 0 Å². The third kappa shape index (κ3) is 6.03. The van der Waals surface area contributed by atoms with Crippen LogP contribution in [0.3, 0.4) is 0 Å². The second-order valence-electron chi connectivity index (χ2n) is 8.87. The number of amides is 1. The number of halogens is 4. The van der Waals surface area contributed by atoms with Crippen molar-refractivity contribution in [3.63, 3.8) is 0 Å². The van der Waals surface area contributed by atoms with Crippen LogP contribution in [-0.2, 0) is 10.8 Å². The number of rotatable bonds is 6. The normalized spacial score (nSPS) is 18.5. The Labute approximate surface area is 226 Å². The van der Waals surface area contributed by atoms with Gasteiger partial charge in [0.1, 0.15) is 11.6 Å². The zero-order valence-corrected chi connectivity index (χ0v) is 22.4. The third-order valence-corrected chi connectivity index (χ3v) is 8.57. The molecular formula is C27H24Cl2F2N2O3S. The van der Waals surface area contributed by atoms with Crippen molar-refractivity contribution in [2.45, 2.75) is 30.8 Å². The zero-order chi connectivity index (χ0) is 26.9. The molecule has 1 amide bonds. The standard InChI is InChI=1S/C27H24Cl2F2N2O3S/c1-16-17(2)33(9-8-32(16)23-5-3-4-20(28)13-23)27(35)18-6-7-26(24(29)12-18)37(36)15-25(34)19-10-21(30)14-22(31)11-19/h3-7,10-14,16-17H,8-9,15H2,1-2H3/t16?,17-,37?/m0/s1. The minimum atomic E-state index is -1.87. The molecule has 0 aliphatic carbocycles. The monoisotopic (exact) mass is 564 g/mol. The van der Waals surface area contributed by atoms with Gasteiger partial charge in [-0.3, -0.25) is 13.8 Å². The summed E-state index contributed by atoms with van der Waals surface area (Å²) in [6.45, 7) is 5.13. The molecule has 0 radical (unpaired) electrons. The van der Waals surface area contributed by atoms with Crippen LogP contribution in [0.1, 0.15) is 34.6 Å². The van der Waals surface area contributed by atoms with E-state index in [1.165, 1.54) is 18.2 Å². The Morgan fingerprint density at radius 2 is 1.62 bits per heavy atom. The van der Waals surface area contributed by atoms with E-state index >= 15 is 0 Å². The van der Waals surface area contributed by atoms with Crippen LogP contribution < -0.4 is 4.90 Å². The number of Topliss-reactive ketones (excluding diaryl/α,β-unsaturated/α-hetero) is 1. The summed E-state index contributed by atoms with van der Waals surface area (Å²) in [6, 6.07) is 14.3. The maximum absolute atomic E-state index is 13.4. The van der Waals surface area contributed by atoms with Crippen LogP contribution in [0.25, 0.3) is 0 Å². The molecule has 1 aliphatic rings. The van der Waals surface area contributed by atoms with Gasteiger partial charge in [0.15, 0.2) is 5.78 Å². The average Bonchev–Trinajstić information content (AvgIpc) is 2.84. The summed E-state index contributed by atoms with van der Waals surface area (Å²) in [4.78, 5) is 29.9. The fraction of sp³-hybridized carbons (Fsp3) is 0.259. The van der Waals surface area contributed by atoms with Crippen LogP contribution in [0.15, 0.2) is 65.6 Å². The van der Waals surface area contributed by atoms with Crippen molar-refractivity contribution >= 4 is 51.4 Å². The molecule has 37 heavy (non-hydrogen) atoms. The fourth-order valence-electron chi connectivity index (χ4n) is 4.43. The van der Waals surface area contributed by atoms with Crippen LogP contribution >= 0.6 is 23.2 Å². The maximum Gasteiger partial charge on any atom is 0.254 e. The molecule has 5 nitrogen and oxygen atoms in total. The molecule has 0 spiro atoms. The molecule has 10 heteroatoms. The van der Waals surface area contributed by atoms with Crippen LogP contribution in [0.4, 0.5) is 14.5 Å². The Kier molecular flexibility index (Phi) is 8.31. The summed E-state index contributed by atoms with van der Waals surface area (Å²) in [5.41, 5.74) is 1.11. The Morgan fingerprint density at radius 1 is 0.919 bits per heavy atom. The van der Waals surface area contributed by atoms with Crippen LogP contribution in [-0.4, -0.2) is 51.7 Å². The van der Waals surface area contributed by atoms with Crippen LogP contribution in [0.2, 0.25) is 10.0 Å². The SMILES string of the molecule is CC1[C@H](C)N(C(=O)c2ccc(S(=O)CC(=O)c3cc(F)cc(F)c3)c(Cl)c2)CCN1c1cccc(Cl)c1. The summed E-state index contributed by atoms with van der Waals surface area (Å²) in [5, 5.41) is 0.716. The fourth-order valence-corrected chi connectivity index (χ4v) is 6.11. The molecule has 2 unspecified atom stereocenters. The van der Waals surface area contributed by atoms with E-state index in [0.29, 0.717) is 29.7 Å². The molecule has 0 aromatic heterocycles. The summed E-state index contributed by atoms with van der Waals surface area (Å²) in [6.07, 6.45) is 0. The molecule has 3 aromatic rings. The third-order valence-electron chi connectivity index (χ3n) is 6.53. The van der Waals surface area contributed by atoms with Crippen molar-refractivity contribution in [2.75, 3.05) is 23.7 Å². The van der Waals surface area contributed by atoms with Gasteiger partial charge in [0.2, 0.25) is 0 Å². The molecule has 1 aliphatic heterocycles. The Morgan fingerprint density at radius 3 is 2.27 bits per heavy atom. The number of carbonyl (C=O) groups is 2. The molecule has 194 valence electrons. The van der Waals surface area contributed by atoms with Crippen molar-refractivity contribution < 1.29 is 22.6 Å². The molecule has 3 aromatic carbocycles. The predicted molar refractivity (Wildman–Crippen MR) is 142 cm³/mol. The van der Waals surface area contributed by atoms with Gasteiger partial charge >= 0.3 is 0 Å². The molecule has 1 saturated heterocycles. The lowest BCUT2D eigenvalue weighted by atomic mass is 10.0. The van der Waals surface area contributed by atoms with E-state index in [-0.39, 0.29) is 33.5 Å².